The van der Waals surface area contributed by atoms with Gasteiger partial charge in [0.25, 0.3) is 5.91 Å². The average Bonchev–Trinajstić information content (AvgIpc) is 3.15. The summed E-state index contributed by atoms with van der Waals surface area (Å²) in [5.74, 6) is 2.91. The van der Waals surface area contributed by atoms with Gasteiger partial charge >= 0.3 is 0 Å². The Labute approximate surface area is 163 Å². The monoisotopic (exact) mass is 375 g/mol. The summed E-state index contributed by atoms with van der Waals surface area (Å²) in [6.45, 7) is 0.430. The molecule has 1 amide bonds. The number of nitrogens with one attached hydrogen (secondary N) is 1. The minimum atomic E-state index is -0.147. The van der Waals surface area contributed by atoms with Crippen LogP contribution < -0.4 is 19.5 Å². The predicted octanol–water partition coefficient (Wildman–Crippen LogP) is 4.22. The maximum absolute atomic E-state index is 12.4. The molecule has 0 radical (unpaired) electrons. The van der Waals surface area contributed by atoms with Crippen LogP contribution in [0.25, 0.3) is 0 Å². The molecule has 0 spiro atoms. The van der Waals surface area contributed by atoms with Crippen LogP contribution in [0.5, 0.6) is 23.0 Å². The first-order valence-electron chi connectivity index (χ1n) is 9.16. The molecule has 5 nitrogen and oxygen atoms in total. The van der Waals surface area contributed by atoms with Crippen molar-refractivity contribution in [1.29, 1.82) is 0 Å². The molecule has 28 heavy (non-hydrogen) atoms. The lowest BCUT2D eigenvalue weighted by atomic mass is 10.1. The summed E-state index contributed by atoms with van der Waals surface area (Å²) in [6, 6.07) is 22.5. The summed E-state index contributed by atoms with van der Waals surface area (Å²) < 4.78 is 17.0. The summed E-state index contributed by atoms with van der Waals surface area (Å²) in [4.78, 5) is 12.4. The molecule has 1 aliphatic rings. The van der Waals surface area contributed by atoms with E-state index in [9.17, 15) is 4.79 Å². The first kappa shape index (κ1) is 17.9. The molecular weight excluding hydrogens is 354 g/mol. The molecule has 3 aromatic carbocycles. The van der Waals surface area contributed by atoms with Gasteiger partial charge in [-0.2, -0.15) is 0 Å². The number of ether oxygens (including phenoxy) is 3. The molecule has 1 heterocycles. The molecule has 0 fully saturated rings. The van der Waals surface area contributed by atoms with Gasteiger partial charge < -0.3 is 19.5 Å². The quantitative estimate of drug-likeness (QED) is 0.701. The smallest absolute Gasteiger partial charge is 0.251 e. The molecular formula is C23H21NO4. The van der Waals surface area contributed by atoms with Crippen LogP contribution in [0, 0.1) is 0 Å². The molecule has 1 aliphatic heterocycles. The number of hydrogen-bond acceptors (Lipinski definition) is 4. The Morgan fingerprint density at radius 3 is 2.64 bits per heavy atom. The van der Waals surface area contributed by atoms with E-state index < -0.39 is 0 Å². The number of carbonyl (C=O) groups is 1. The number of hydrogen-bond donors (Lipinski definition) is 1. The second-order valence-electron chi connectivity index (χ2n) is 6.57. The summed E-state index contributed by atoms with van der Waals surface area (Å²) in [6.07, 6.45) is 0.622. The number of benzene rings is 3. The van der Waals surface area contributed by atoms with E-state index in [1.807, 2.05) is 54.6 Å². The van der Waals surface area contributed by atoms with Crippen molar-refractivity contribution in [2.24, 2.45) is 0 Å². The first-order valence-corrected chi connectivity index (χ1v) is 9.16. The third kappa shape index (κ3) is 4.09. The zero-order chi connectivity index (χ0) is 19.3. The molecule has 0 aliphatic carbocycles. The molecule has 3 aromatic rings. The molecule has 0 bridgehead atoms. The lowest BCUT2D eigenvalue weighted by Crippen LogP contribution is -2.34. The highest BCUT2D eigenvalue weighted by Gasteiger charge is 2.24. The molecule has 0 unspecified atom stereocenters. The maximum atomic E-state index is 12.4. The lowest BCUT2D eigenvalue weighted by molar-refractivity contribution is 0.0933. The van der Waals surface area contributed by atoms with Crippen molar-refractivity contribution in [2.45, 2.75) is 12.5 Å². The van der Waals surface area contributed by atoms with E-state index in [4.69, 9.17) is 14.2 Å². The van der Waals surface area contributed by atoms with Crippen molar-refractivity contribution in [3.8, 4) is 23.0 Å². The van der Waals surface area contributed by atoms with Gasteiger partial charge in [-0.05, 0) is 48.5 Å². The van der Waals surface area contributed by atoms with Gasteiger partial charge in [-0.3, -0.25) is 4.79 Å². The van der Waals surface area contributed by atoms with E-state index >= 15 is 0 Å². The van der Waals surface area contributed by atoms with Crippen LogP contribution in [0.4, 0.5) is 0 Å². The lowest BCUT2D eigenvalue weighted by Gasteiger charge is -2.12. The molecule has 1 N–H and O–H groups in total. The van der Waals surface area contributed by atoms with Gasteiger partial charge in [-0.1, -0.05) is 24.3 Å². The van der Waals surface area contributed by atoms with Crippen molar-refractivity contribution in [2.75, 3.05) is 13.7 Å². The second-order valence-corrected chi connectivity index (χ2v) is 6.57. The van der Waals surface area contributed by atoms with Crippen LogP contribution >= 0.6 is 0 Å². The Kier molecular flexibility index (Phi) is 5.15. The Morgan fingerprint density at radius 1 is 1.00 bits per heavy atom. The van der Waals surface area contributed by atoms with Crippen molar-refractivity contribution >= 4 is 5.91 Å². The van der Waals surface area contributed by atoms with E-state index in [0.29, 0.717) is 17.9 Å². The third-order valence-electron chi connectivity index (χ3n) is 4.57. The highest BCUT2D eigenvalue weighted by Crippen LogP contribution is 2.33. The van der Waals surface area contributed by atoms with Crippen LogP contribution in [0.2, 0.25) is 0 Å². The number of carbonyl (C=O) groups excluding carboxylic acids is 1. The highest BCUT2D eigenvalue weighted by molar-refractivity contribution is 5.94. The van der Waals surface area contributed by atoms with Gasteiger partial charge in [0.1, 0.15) is 29.1 Å². The SMILES string of the molecule is COc1cccc(C(=O)NC[C@@H]2Cc3cc(Oc4ccccc4)ccc3O2)c1. The van der Waals surface area contributed by atoms with Crippen molar-refractivity contribution < 1.29 is 19.0 Å². The van der Waals surface area contributed by atoms with Crippen molar-refractivity contribution in [3.63, 3.8) is 0 Å². The van der Waals surface area contributed by atoms with Gasteiger partial charge in [0.05, 0.1) is 13.7 Å². The maximum Gasteiger partial charge on any atom is 0.251 e. The molecule has 4 rings (SSSR count). The molecule has 142 valence electrons. The Balaban J connectivity index is 1.35. The standard InChI is InChI=1S/C23H21NO4/c1-26-19-9-5-6-16(12-19)23(25)24-15-21-14-17-13-20(10-11-22(17)28-21)27-18-7-3-2-4-8-18/h2-13,21H,14-15H2,1H3,(H,24,25)/t21-/m0/s1. The second kappa shape index (κ2) is 8.05. The molecule has 0 aromatic heterocycles. The van der Waals surface area contributed by atoms with E-state index in [2.05, 4.69) is 5.32 Å². The fraction of sp³-hybridized carbons (Fsp3) is 0.174. The molecule has 5 heteroatoms. The average molecular weight is 375 g/mol. The highest BCUT2D eigenvalue weighted by atomic mass is 16.5. The topological polar surface area (TPSA) is 56.8 Å². The summed E-state index contributed by atoms with van der Waals surface area (Å²) in [5.41, 5.74) is 1.64. The van der Waals surface area contributed by atoms with Crippen LogP contribution in [0.15, 0.2) is 72.8 Å². The van der Waals surface area contributed by atoms with Crippen LogP contribution in [0.3, 0.4) is 0 Å². The van der Waals surface area contributed by atoms with Crippen LogP contribution in [-0.4, -0.2) is 25.7 Å². The Bertz CT molecular complexity index is 971. The summed E-state index contributed by atoms with van der Waals surface area (Å²) in [5, 5.41) is 2.93. The van der Waals surface area contributed by atoms with Crippen LogP contribution in [0.1, 0.15) is 15.9 Å². The first-order chi connectivity index (χ1) is 13.7. The van der Waals surface area contributed by atoms with Gasteiger partial charge in [0.15, 0.2) is 0 Å². The summed E-state index contributed by atoms with van der Waals surface area (Å²) >= 11 is 0. The molecule has 0 saturated heterocycles. The number of fused-ring (bicyclic) bond motifs is 1. The largest absolute Gasteiger partial charge is 0.497 e. The van der Waals surface area contributed by atoms with Gasteiger partial charge in [-0.25, -0.2) is 0 Å². The van der Waals surface area contributed by atoms with E-state index in [-0.39, 0.29) is 12.0 Å². The zero-order valence-electron chi connectivity index (χ0n) is 15.6. The van der Waals surface area contributed by atoms with Gasteiger partial charge in [0, 0.05) is 17.5 Å². The minimum absolute atomic E-state index is 0.100. The van der Waals surface area contributed by atoms with E-state index in [1.165, 1.54) is 0 Å². The number of rotatable bonds is 6. The normalized spacial score (nSPS) is 14.7. The Morgan fingerprint density at radius 2 is 1.82 bits per heavy atom. The molecule has 0 saturated carbocycles. The van der Waals surface area contributed by atoms with Gasteiger partial charge in [0.2, 0.25) is 0 Å². The van der Waals surface area contributed by atoms with Crippen LogP contribution in [-0.2, 0) is 6.42 Å². The third-order valence-corrected chi connectivity index (χ3v) is 4.57. The Hall–Kier alpha value is -3.47. The fourth-order valence-electron chi connectivity index (χ4n) is 3.17. The summed E-state index contributed by atoms with van der Waals surface area (Å²) in [7, 11) is 1.58. The fourth-order valence-corrected chi connectivity index (χ4v) is 3.17. The minimum Gasteiger partial charge on any atom is -0.497 e. The zero-order valence-corrected chi connectivity index (χ0v) is 15.6. The number of amides is 1. The predicted molar refractivity (Wildman–Crippen MR) is 106 cm³/mol. The van der Waals surface area contributed by atoms with E-state index in [0.717, 1.165) is 29.2 Å². The van der Waals surface area contributed by atoms with Crippen molar-refractivity contribution in [3.05, 3.63) is 83.9 Å². The van der Waals surface area contributed by atoms with Gasteiger partial charge in [-0.15, -0.1) is 0 Å². The van der Waals surface area contributed by atoms with Crippen molar-refractivity contribution in [1.82, 2.24) is 5.32 Å². The number of methoxy groups -OCH3 is 1. The molecule has 1 atom stereocenters. The van der Waals surface area contributed by atoms with E-state index in [1.54, 1.807) is 25.3 Å². The number of para-hydroxylation sites is 1.